The molecule has 27 heavy (non-hydrogen) atoms. The van der Waals surface area contributed by atoms with Gasteiger partial charge in [0.2, 0.25) is 5.91 Å². The average Bonchev–Trinajstić information content (AvgIpc) is 3.25. The Hall–Kier alpha value is -2.80. The number of rotatable bonds is 2. The van der Waals surface area contributed by atoms with Crippen molar-refractivity contribution in [1.82, 2.24) is 8.75 Å². The Labute approximate surface area is 161 Å². The minimum Gasteiger partial charge on any atom is -0.322 e. The van der Waals surface area contributed by atoms with Gasteiger partial charge >= 0.3 is 0 Å². The number of fused-ring (bicyclic) bond motifs is 2. The van der Waals surface area contributed by atoms with Gasteiger partial charge in [-0.15, -0.1) is 0 Å². The van der Waals surface area contributed by atoms with Crippen LogP contribution in [0.15, 0.2) is 36.4 Å². The van der Waals surface area contributed by atoms with Gasteiger partial charge in [0.1, 0.15) is 11.0 Å². The number of carbonyl (C=O) groups is 2. The van der Waals surface area contributed by atoms with Crippen LogP contribution >= 0.6 is 11.7 Å². The molecule has 0 aliphatic carbocycles. The molecule has 0 saturated heterocycles. The monoisotopic (exact) mass is 380 g/mol. The molecule has 1 aliphatic rings. The summed E-state index contributed by atoms with van der Waals surface area (Å²) in [4.78, 5) is 27.1. The smallest absolute Gasteiger partial charge is 0.255 e. The van der Waals surface area contributed by atoms with Crippen LogP contribution in [0.1, 0.15) is 36.7 Å². The molecule has 6 nitrogen and oxygen atoms in total. The van der Waals surface area contributed by atoms with Gasteiger partial charge in [-0.25, -0.2) is 0 Å². The SMILES string of the molecule is CC(C)(C)C(=O)N1CCc2ccc(NC(=O)c3ccc4nsnc4c3)cc21. The van der Waals surface area contributed by atoms with Crippen molar-refractivity contribution >= 4 is 46.0 Å². The molecule has 0 atom stereocenters. The molecule has 138 valence electrons. The summed E-state index contributed by atoms with van der Waals surface area (Å²) in [5, 5.41) is 2.92. The minimum absolute atomic E-state index is 0.0891. The van der Waals surface area contributed by atoms with Crippen LogP contribution < -0.4 is 10.2 Å². The zero-order valence-electron chi connectivity index (χ0n) is 15.4. The summed E-state index contributed by atoms with van der Waals surface area (Å²) in [5.74, 6) is -0.122. The molecule has 0 unspecified atom stereocenters. The number of anilines is 2. The van der Waals surface area contributed by atoms with Gasteiger partial charge in [0.25, 0.3) is 5.91 Å². The van der Waals surface area contributed by atoms with Crippen molar-refractivity contribution in [3.05, 3.63) is 47.5 Å². The summed E-state index contributed by atoms with van der Waals surface area (Å²) < 4.78 is 8.32. The van der Waals surface area contributed by atoms with E-state index >= 15 is 0 Å². The summed E-state index contributed by atoms with van der Waals surface area (Å²) in [5.41, 5.74) is 4.25. The molecule has 0 spiro atoms. The second kappa shape index (κ2) is 6.42. The number of hydrogen-bond donors (Lipinski definition) is 1. The molecule has 0 bridgehead atoms. The van der Waals surface area contributed by atoms with Crippen LogP contribution in [0.25, 0.3) is 11.0 Å². The minimum atomic E-state index is -0.447. The van der Waals surface area contributed by atoms with E-state index in [1.54, 1.807) is 18.2 Å². The maximum atomic E-state index is 12.7. The Morgan fingerprint density at radius 2 is 1.85 bits per heavy atom. The molecule has 1 aliphatic heterocycles. The molecule has 0 fully saturated rings. The first-order valence-electron chi connectivity index (χ1n) is 8.81. The highest BCUT2D eigenvalue weighted by atomic mass is 32.1. The molecule has 2 amide bonds. The number of carbonyl (C=O) groups excluding carboxylic acids is 2. The Kier molecular flexibility index (Phi) is 4.19. The maximum absolute atomic E-state index is 12.7. The molecule has 1 N–H and O–H groups in total. The first kappa shape index (κ1) is 17.6. The predicted molar refractivity (Wildman–Crippen MR) is 107 cm³/mol. The fourth-order valence-corrected chi connectivity index (χ4v) is 3.72. The zero-order chi connectivity index (χ0) is 19.2. The molecule has 2 heterocycles. The molecule has 4 rings (SSSR count). The third kappa shape index (κ3) is 3.30. The third-order valence-corrected chi connectivity index (χ3v) is 5.20. The lowest BCUT2D eigenvalue weighted by Gasteiger charge is -2.26. The highest BCUT2D eigenvalue weighted by molar-refractivity contribution is 7.00. The summed E-state index contributed by atoms with van der Waals surface area (Å²) in [7, 11) is 0. The molecule has 0 saturated carbocycles. The van der Waals surface area contributed by atoms with E-state index < -0.39 is 5.41 Å². The van der Waals surface area contributed by atoms with Gasteiger partial charge in [-0.3, -0.25) is 9.59 Å². The second-order valence-corrected chi connectivity index (χ2v) is 8.25. The lowest BCUT2D eigenvalue weighted by molar-refractivity contribution is -0.125. The van der Waals surface area contributed by atoms with Gasteiger partial charge < -0.3 is 10.2 Å². The van der Waals surface area contributed by atoms with Gasteiger partial charge in [0, 0.05) is 28.9 Å². The Morgan fingerprint density at radius 3 is 2.63 bits per heavy atom. The van der Waals surface area contributed by atoms with Gasteiger partial charge in [-0.1, -0.05) is 26.8 Å². The third-order valence-electron chi connectivity index (χ3n) is 4.64. The normalized spacial score (nSPS) is 13.7. The van der Waals surface area contributed by atoms with Crippen molar-refractivity contribution < 1.29 is 9.59 Å². The van der Waals surface area contributed by atoms with E-state index in [1.807, 2.05) is 43.9 Å². The van der Waals surface area contributed by atoms with Gasteiger partial charge in [0.05, 0.1) is 11.7 Å². The van der Waals surface area contributed by atoms with E-state index in [1.165, 1.54) is 0 Å². The van der Waals surface area contributed by atoms with Crippen molar-refractivity contribution in [2.75, 3.05) is 16.8 Å². The van der Waals surface area contributed by atoms with Gasteiger partial charge in [-0.2, -0.15) is 8.75 Å². The zero-order valence-corrected chi connectivity index (χ0v) is 16.3. The molecular weight excluding hydrogens is 360 g/mol. The number of benzene rings is 2. The molecule has 7 heteroatoms. The quantitative estimate of drug-likeness (QED) is 0.732. The van der Waals surface area contributed by atoms with E-state index in [-0.39, 0.29) is 11.8 Å². The molecule has 0 radical (unpaired) electrons. The Morgan fingerprint density at radius 1 is 1.07 bits per heavy atom. The van der Waals surface area contributed by atoms with Gasteiger partial charge in [-0.05, 0) is 42.3 Å². The second-order valence-electron chi connectivity index (χ2n) is 7.72. The van der Waals surface area contributed by atoms with E-state index in [4.69, 9.17) is 0 Å². The largest absolute Gasteiger partial charge is 0.322 e. The molecule has 1 aromatic heterocycles. The summed E-state index contributed by atoms with van der Waals surface area (Å²) in [6, 6.07) is 11.0. The Balaban J connectivity index is 1.58. The lowest BCUT2D eigenvalue weighted by atomic mass is 9.94. The number of hydrogen-bond acceptors (Lipinski definition) is 5. The summed E-state index contributed by atoms with van der Waals surface area (Å²) in [6.45, 7) is 6.43. The maximum Gasteiger partial charge on any atom is 0.255 e. The van der Waals surface area contributed by atoms with E-state index in [0.717, 1.165) is 34.9 Å². The van der Waals surface area contributed by atoms with Crippen molar-refractivity contribution in [2.45, 2.75) is 27.2 Å². The fraction of sp³-hybridized carbons (Fsp3) is 0.300. The van der Waals surface area contributed by atoms with Crippen molar-refractivity contribution in [3.63, 3.8) is 0 Å². The van der Waals surface area contributed by atoms with Crippen LogP contribution in [0.2, 0.25) is 0 Å². The standard InChI is InChI=1S/C20H20N4O2S/c1-20(2,3)19(26)24-9-8-12-4-6-14(11-17(12)24)21-18(25)13-5-7-15-16(10-13)23-27-22-15/h4-7,10-11H,8-9H2,1-3H3,(H,21,25). The number of nitrogens with one attached hydrogen (secondary N) is 1. The number of nitrogens with zero attached hydrogens (tertiary/aromatic N) is 3. The van der Waals surface area contributed by atoms with E-state index in [0.29, 0.717) is 23.3 Å². The fourth-order valence-electron chi connectivity index (χ4n) is 3.20. The highest BCUT2D eigenvalue weighted by Crippen LogP contribution is 2.34. The molecule has 3 aromatic rings. The molecular formula is C20H20N4O2S. The summed E-state index contributed by atoms with van der Waals surface area (Å²) in [6.07, 6.45) is 0.832. The van der Waals surface area contributed by atoms with Crippen LogP contribution in [0.5, 0.6) is 0 Å². The van der Waals surface area contributed by atoms with E-state index in [2.05, 4.69) is 14.1 Å². The van der Waals surface area contributed by atoms with Crippen molar-refractivity contribution in [3.8, 4) is 0 Å². The van der Waals surface area contributed by atoms with Gasteiger partial charge in [0.15, 0.2) is 0 Å². The number of amides is 2. The van der Waals surface area contributed by atoms with Crippen LogP contribution in [0.4, 0.5) is 11.4 Å². The molecule has 2 aromatic carbocycles. The van der Waals surface area contributed by atoms with Crippen molar-refractivity contribution in [2.24, 2.45) is 5.41 Å². The number of aromatic nitrogens is 2. The predicted octanol–water partition coefficient (Wildman–Crippen LogP) is 3.88. The van der Waals surface area contributed by atoms with Crippen LogP contribution in [0.3, 0.4) is 0 Å². The highest BCUT2D eigenvalue weighted by Gasteiger charge is 2.32. The topological polar surface area (TPSA) is 75.2 Å². The first-order chi connectivity index (χ1) is 12.8. The first-order valence-corrected chi connectivity index (χ1v) is 9.54. The average molecular weight is 380 g/mol. The van der Waals surface area contributed by atoms with Crippen LogP contribution in [-0.4, -0.2) is 27.1 Å². The van der Waals surface area contributed by atoms with E-state index in [9.17, 15) is 9.59 Å². The van der Waals surface area contributed by atoms with Crippen LogP contribution in [-0.2, 0) is 11.2 Å². The van der Waals surface area contributed by atoms with Crippen molar-refractivity contribution in [1.29, 1.82) is 0 Å². The summed E-state index contributed by atoms with van der Waals surface area (Å²) >= 11 is 1.13. The lowest BCUT2D eigenvalue weighted by Crippen LogP contribution is -2.38. The Bertz CT molecular complexity index is 1050. The van der Waals surface area contributed by atoms with Crippen LogP contribution in [0, 0.1) is 5.41 Å².